The summed E-state index contributed by atoms with van der Waals surface area (Å²) in [6, 6.07) is 14.5. The standard InChI is InChI=1S/C20H17F2N5O3/c21-20(22)30-15-8-4-5-13(11-15)18(28)24-25-19(29)16-23-17(12-9-10-12)27(26-16)14-6-2-1-3-7-14/h1-8,11-12,20H,9-10H2,(H,24,28)(H,25,29). The van der Waals surface area contributed by atoms with E-state index in [0.29, 0.717) is 5.82 Å². The van der Waals surface area contributed by atoms with Crippen molar-refractivity contribution in [3.63, 3.8) is 0 Å². The van der Waals surface area contributed by atoms with Gasteiger partial charge in [0, 0.05) is 11.5 Å². The molecular formula is C20H17F2N5O3. The van der Waals surface area contributed by atoms with Crippen molar-refractivity contribution in [3.8, 4) is 11.4 Å². The van der Waals surface area contributed by atoms with Crippen molar-refractivity contribution >= 4 is 11.8 Å². The number of amides is 2. The molecular weight excluding hydrogens is 396 g/mol. The molecule has 3 aromatic rings. The lowest BCUT2D eigenvalue weighted by molar-refractivity contribution is -0.0498. The number of nitrogens with zero attached hydrogens (tertiary/aromatic N) is 3. The number of hydrazine groups is 1. The summed E-state index contributed by atoms with van der Waals surface area (Å²) in [6.07, 6.45) is 1.95. The van der Waals surface area contributed by atoms with Gasteiger partial charge in [-0.25, -0.2) is 9.67 Å². The zero-order valence-electron chi connectivity index (χ0n) is 15.6. The quantitative estimate of drug-likeness (QED) is 0.606. The highest BCUT2D eigenvalue weighted by Gasteiger charge is 2.31. The molecule has 154 valence electrons. The van der Waals surface area contributed by atoms with Crippen LogP contribution in [0.2, 0.25) is 0 Å². The molecule has 0 unspecified atom stereocenters. The number of carbonyl (C=O) groups is 2. The number of benzene rings is 2. The van der Waals surface area contributed by atoms with Crippen molar-refractivity contribution in [2.75, 3.05) is 0 Å². The van der Waals surface area contributed by atoms with Crippen molar-refractivity contribution in [1.82, 2.24) is 25.6 Å². The van der Waals surface area contributed by atoms with Crippen LogP contribution in [0.1, 0.15) is 45.6 Å². The monoisotopic (exact) mass is 413 g/mol. The van der Waals surface area contributed by atoms with Crippen LogP contribution in [0.25, 0.3) is 5.69 Å². The van der Waals surface area contributed by atoms with Crippen LogP contribution in [-0.2, 0) is 0 Å². The molecule has 30 heavy (non-hydrogen) atoms. The normalized spacial score (nSPS) is 13.2. The SMILES string of the molecule is O=C(NNC(=O)c1nc(C2CC2)n(-c2ccccc2)n1)c1cccc(OC(F)F)c1. The number of nitrogens with one attached hydrogen (secondary N) is 2. The Morgan fingerprint density at radius 3 is 2.47 bits per heavy atom. The number of hydrogen-bond donors (Lipinski definition) is 2. The largest absolute Gasteiger partial charge is 0.435 e. The summed E-state index contributed by atoms with van der Waals surface area (Å²) < 4.78 is 30.5. The number of aromatic nitrogens is 3. The minimum atomic E-state index is -3.01. The van der Waals surface area contributed by atoms with Crippen LogP contribution in [0.15, 0.2) is 54.6 Å². The van der Waals surface area contributed by atoms with Gasteiger partial charge < -0.3 is 4.74 Å². The number of para-hydroxylation sites is 1. The van der Waals surface area contributed by atoms with E-state index in [-0.39, 0.29) is 23.1 Å². The third-order valence-electron chi connectivity index (χ3n) is 4.39. The van der Waals surface area contributed by atoms with Crippen LogP contribution in [0.3, 0.4) is 0 Å². The summed E-state index contributed by atoms with van der Waals surface area (Å²) in [6.45, 7) is -3.01. The Hall–Kier alpha value is -3.82. The Labute approximate surface area is 169 Å². The third kappa shape index (κ3) is 4.43. The maximum absolute atomic E-state index is 12.4. The molecule has 0 saturated heterocycles. The van der Waals surface area contributed by atoms with Gasteiger partial charge in [0.15, 0.2) is 0 Å². The van der Waals surface area contributed by atoms with Gasteiger partial charge in [0.05, 0.1) is 5.69 Å². The molecule has 1 saturated carbocycles. The fourth-order valence-electron chi connectivity index (χ4n) is 2.84. The van der Waals surface area contributed by atoms with Crippen LogP contribution in [-0.4, -0.2) is 33.2 Å². The van der Waals surface area contributed by atoms with Crippen molar-refractivity contribution in [2.45, 2.75) is 25.4 Å². The zero-order valence-corrected chi connectivity index (χ0v) is 15.6. The van der Waals surface area contributed by atoms with E-state index in [4.69, 9.17) is 0 Å². The van der Waals surface area contributed by atoms with E-state index in [1.54, 1.807) is 4.68 Å². The van der Waals surface area contributed by atoms with Gasteiger partial charge >= 0.3 is 12.5 Å². The Balaban J connectivity index is 1.45. The molecule has 1 aliphatic carbocycles. The number of ether oxygens (including phenoxy) is 1. The number of alkyl halides is 2. The topological polar surface area (TPSA) is 98.1 Å². The Morgan fingerprint density at radius 1 is 1.03 bits per heavy atom. The first-order valence-corrected chi connectivity index (χ1v) is 9.19. The summed E-state index contributed by atoms with van der Waals surface area (Å²) in [5, 5.41) is 4.28. The molecule has 1 aromatic heterocycles. The minimum Gasteiger partial charge on any atom is -0.435 e. The fraction of sp³-hybridized carbons (Fsp3) is 0.200. The van der Waals surface area contributed by atoms with Crippen LogP contribution in [0.5, 0.6) is 5.75 Å². The highest BCUT2D eigenvalue weighted by molar-refractivity contribution is 5.97. The van der Waals surface area contributed by atoms with Gasteiger partial charge in [-0.2, -0.15) is 8.78 Å². The highest BCUT2D eigenvalue weighted by atomic mass is 19.3. The second kappa shape index (κ2) is 8.27. The molecule has 0 spiro atoms. The molecule has 1 fully saturated rings. The lowest BCUT2D eigenvalue weighted by atomic mass is 10.2. The van der Waals surface area contributed by atoms with Gasteiger partial charge in [0.1, 0.15) is 11.6 Å². The number of carbonyl (C=O) groups excluding carboxylic acids is 2. The van der Waals surface area contributed by atoms with E-state index < -0.39 is 18.4 Å². The first kappa shape index (κ1) is 19.5. The van der Waals surface area contributed by atoms with Gasteiger partial charge in [0.2, 0.25) is 5.82 Å². The Morgan fingerprint density at radius 2 is 1.77 bits per heavy atom. The first-order valence-electron chi connectivity index (χ1n) is 9.19. The Kier molecular flexibility index (Phi) is 5.38. The molecule has 2 amide bonds. The fourth-order valence-corrected chi connectivity index (χ4v) is 2.84. The van der Waals surface area contributed by atoms with Crippen LogP contribution < -0.4 is 15.6 Å². The van der Waals surface area contributed by atoms with E-state index in [1.807, 2.05) is 30.3 Å². The number of rotatable bonds is 6. The summed E-state index contributed by atoms with van der Waals surface area (Å²) >= 11 is 0. The Bertz CT molecular complexity index is 1070. The highest BCUT2D eigenvalue weighted by Crippen LogP contribution is 2.39. The average Bonchev–Trinajstić information content (AvgIpc) is 3.50. The predicted molar refractivity (Wildman–Crippen MR) is 101 cm³/mol. The first-order chi connectivity index (χ1) is 14.5. The van der Waals surface area contributed by atoms with E-state index in [1.165, 1.54) is 18.2 Å². The van der Waals surface area contributed by atoms with Gasteiger partial charge in [-0.05, 0) is 43.2 Å². The summed E-state index contributed by atoms with van der Waals surface area (Å²) in [7, 11) is 0. The molecule has 1 aliphatic rings. The van der Waals surface area contributed by atoms with E-state index in [0.717, 1.165) is 24.6 Å². The maximum Gasteiger partial charge on any atom is 0.387 e. The van der Waals surface area contributed by atoms with E-state index >= 15 is 0 Å². The molecule has 0 atom stereocenters. The molecule has 4 rings (SSSR count). The summed E-state index contributed by atoms with van der Waals surface area (Å²) in [4.78, 5) is 29.0. The second-order valence-electron chi connectivity index (χ2n) is 6.63. The number of hydrogen-bond acceptors (Lipinski definition) is 5. The molecule has 10 heteroatoms. The third-order valence-corrected chi connectivity index (χ3v) is 4.39. The van der Waals surface area contributed by atoms with Crippen LogP contribution >= 0.6 is 0 Å². The zero-order chi connectivity index (χ0) is 21.1. The van der Waals surface area contributed by atoms with Crippen molar-refractivity contribution in [2.24, 2.45) is 0 Å². The van der Waals surface area contributed by atoms with Gasteiger partial charge in [-0.3, -0.25) is 20.4 Å². The molecule has 0 radical (unpaired) electrons. The average molecular weight is 413 g/mol. The van der Waals surface area contributed by atoms with Gasteiger partial charge in [0.25, 0.3) is 5.91 Å². The second-order valence-corrected chi connectivity index (χ2v) is 6.63. The lowest BCUT2D eigenvalue weighted by Crippen LogP contribution is -2.42. The molecule has 2 N–H and O–H groups in total. The van der Waals surface area contributed by atoms with Crippen LogP contribution in [0.4, 0.5) is 8.78 Å². The van der Waals surface area contributed by atoms with Crippen LogP contribution in [0, 0.1) is 0 Å². The van der Waals surface area contributed by atoms with Crippen molar-refractivity contribution in [1.29, 1.82) is 0 Å². The van der Waals surface area contributed by atoms with E-state index in [2.05, 4.69) is 25.7 Å². The summed E-state index contributed by atoms with van der Waals surface area (Å²) in [5.74, 6) is -0.717. The van der Waals surface area contributed by atoms with Gasteiger partial charge in [-0.15, -0.1) is 5.10 Å². The lowest BCUT2D eigenvalue weighted by Gasteiger charge is -2.08. The van der Waals surface area contributed by atoms with Crippen molar-refractivity contribution < 1.29 is 23.1 Å². The number of halogens is 2. The maximum atomic E-state index is 12.4. The molecule has 8 nitrogen and oxygen atoms in total. The summed E-state index contributed by atoms with van der Waals surface area (Å²) in [5.41, 5.74) is 5.28. The molecule has 0 bridgehead atoms. The van der Waals surface area contributed by atoms with Crippen molar-refractivity contribution in [3.05, 3.63) is 71.8 Å². The molecule has 2 aromatic carbocycles. The minimum absolute atomic E-state index is 0.0369. The van der Waals surface area contributed by atoms with E-state index in [9.17, 15) is 18.4 Å². The van der Waals surface area contributed by atoms with Gasteiger partial charge in [-0.1, -0.05) is 24.3 Å². The molecule has 1 heterocycles. The smallest absolute Gasteiger partial charge is 0.387 e. The molecule has 0 aliphatic heterocycles. The predicted octanol–water partition coefficient (Wildman–Crippen LogP) is 2.82.